The lowest BCUT2D eigenvalue weighted by Gasteiger charge is -2.19. The summed E-state index contributed by atoms with van der Waals surface area (Å²) in [5, 5.41) is 31.4. The summed E-state index contributed by atoms with van der Waals surface area (Å²) in [6, 6.07) is 4.32. The predicted octanol–water partition coefficient (Wildman–Crippen LogP) is 1.29. The molecular weight excluding hydrogens is 236 g/mol. The minimum atomic E-state index is -0.644. The van der Waals surface area contributed by atoms with Gasteiger partial charge >= 0.3 is 5.69 Å². The van der Waals surface area contributed by atoms with Crippen molar-refractivity contribution in [2.24, 2.45) is 5.92 Å². The van der Waals surface area contributed by atoms with Crippen LogP contribution in [-0.2, 0) is 0 Å². The molecule has 0 fully saturated rings. The van der Waals surface area contributed by atoms with Gasteiger partial charge in [0.2, 0.25) is 5.69 Å². The summed E-state index contributed by atoms with van der Waals surface area (Å²) in [5.41, 5.74) is -0.542. The first-order valence-electron chi connectivity index (χ1n) is 5.42. The molecule has 2 unspecified atom stereocenters. The Morgan fingerprint density at radius 1 is 1.61 bits per heavy atom. The van der Waals surface area contributed by atoms with Gasteiger partial charge in [-0.1, -0.05) is 6.92 Å². The van der Waals surface area contributed by atoms with Crippen LogP contribution in [0.15, 0.2) is 12.1 Å². The van der Waals surface area contributed by atoms with Crippen molar-refractivity contribution in [1.29, 1.82) is 5.26 Å². The van der Waals surface area contributed by atoms with Gasteiger partial charge in [-0.15, -0.1) is 0 Å². The summed E-state index contributed by atoms with van der Waals surface area (Å²) in [4.78, 5) is 13.9. The lowest BCUT2D eigenvalue weighted by atomic mass is 10.1. The van der Waals surface area contributed by atoms with Crippen LogP contribution in [0.4, 0.5) is 11.5 Å². The van der Waals surface area contributed by atoms with E-state index in [2.05, 4.69) is 10.3 Å². The zero-order valence-corrected chi connectivity index (χ0v) is 10.1. The molecule has 7 nitrogen and oxygen atoms in total. The molecule has 18 heavy (non-hydrogen) atoms. The Kier molecular flexibility index (Phi) is 4.57. The summed E-state index contributed by atoms with van der Waals surface area (Å²) >= 11 is 0. The highest BCUT2D eigenvalue weighted by molar-refractivity contribution is 5.50. The Balaban J connectivity index is 2.94. The average Bonchev–Trinajstić information content (AvgIpc) is 2.37. The molecule has 0 aliphatic heterocycles. The fourth-order valence-corrected chi connectivity index (χ4v) is 1.30. The number of aliphatic hydroxyl groups is 1. The van der Waals surface area contributed by atoms with E-state index in [1.54, 1.807) is 6.07 Å². The number of nitrogens with one attached hydrogen (secondary N) is 1. The van der Waals surface area contributed by atoms with Gasteiger partial charge in [0.15, 0.2) is 0 Å². The van der Waals surface area contributed by atoms with Crippen LogP contribution in [0.1, 0.15) is 19.5 Å². The van der Waals surface area contributed by atoms with E-state index in [4.69, 9.17) is 10.4 Å². The molecule has 0 saturated heterocycles. The number of aromatic nitrogens is 1. The highest BCUT2D eigenvalue weighted by Gasteiger charge is 2.17. The van der Waals surface area contributed by atoms with Gasteiger partial charge in [0.1, 0.15) is 11.9 Å². The summed E-state index contributed by atoms with van der Waals surface area (Å²) in [7, 11) is 0. The van der Waals surface area contributed by atoms with Crippen molar-refractivity contribution in [3.8, 4) is 6.07 Å². The summed E-state index contributed by atoms with van der Waals surface area (Å²) in [6.07, 6.45) is 0. The largest absolute Gasteiger partial charge is 0.396 e. The highest BCUT2D eigenvalue weighted by atomic mass is 16.6. The molecule has 0 saturated carbocycles. The van der Waals surface area contributed by atoms with Crippen molar-refractivity contribution in [1.82, 2.24) is 4.98 Å². The number of hydrogen-bond acceptors (Lipinski definition) is 6. The molecule has 1 aromatic rings. The van der Waals surface area contributed by atoms with Gasteiger partial charge in [-0.3, -0.25) is 10.1 Å². The van der Waals surface area contributed by atoms with Gasteiger partial charge in [-0.2, -0.15) is 5.26 Å². The minimum absolute atomic E-state index is 0.00697. The van der Waals surface area contributed by atoms with Gasteiger partial charge in [0.05, 0.1) is 4.92 Å². The van der Waals surface area contributed by atoms with Crippen molar-refractivity contribution in [3.63, 3.8) is 0 Å². The summed E-state index contributed by atoms with van der Waals surface area (Å²) < 4.78 is 0. The van der Waals surface area contributed by atoms with E-state index < -0.39 is 4.92 Å². The molecule has 0 amide bonds. The molecule has 2 atom stereocenters. The number of rotatable bonds is 5. The Bertz CT molecular complexity index is 484. The van der Waals surface area contributed by atoms with Crippen LogP contribution in [0.5, 0.6) is 0 Å². The molecular formula is C11H14N4O3. The first kappa shape index (κ1) is 13.9. The Hall–Kier alpha value is -2.20. The molecule has 0 aliphatic carbocycles. The Labute approximate surface area is 104 Å². The van der Waals surface area contributed by atoms with Crippen LogP contribution in [0, 0.1) is 27.4 Å². The molecule has 2 N–H and O–H groups in total. The molecule has 0 aromatic carbocycles. The van der Waals surface area contributed by atoms with Crippen molar-refractivity contribution >= 4 is 11.5 Å². The normalized spacial score (nSPS) is 13.4. The van der Waals surface area contributed by atoms with Gasteiger partial charge in [0.25, 0.3) is 0 Å². The fraction of sp³-hybridized carbons (Fsp3) is 0.455. The monoisotopic (exact) mass is 250 g/mol. The van der Waals surface area contributed by atoms with E-state index in [1.807, 2.05) is 13.8 Å². The van der Waals surface area contributed by atoms with E-state index in [0.29, 0.717) is 5.82 Å². The number of anilines is 1. The van der Waals surface area contributed by atoms with Crippen LogP contribution in [0.25, 0.3) is 0 Å². The summed E-state index contributed by atoms with van der Waals surface area (Å²) in [6.45, 7) is 3.73. The third-order valence-corrected chi connectivity index (χ3v) is 2.69. The van der Waals surface area contributed by atoms with Gasteiger partial charge in [-0.05, 0) is 18.9 Å². The minimum Gasteiger partial charge on any atom is -0.396 e. The number of hydrogen-bond donors (Lipinski definition) is 2. The summed E-state index contributed by atoms with van der Waals surface area (Å²) in [5.74, 6) is 0.387. The van der Waals surface area contributed by atoms with Crippen LogP contribution in [0.2, 0.25) is 0 Å². The quantitative estimate of drug-likeness (QED) is 0.601. The van der Waals surface area contributed by atoms with E-state index >= 15 is 0 Å². The molecule has 1 aromatic heterocycles. The van der Waals surface area contributed by atoms with Crippen LogP contribution in [-0.4, -0.2) is 27.7 Å². The molecule has 0 radical (unpaired) electrons. The Morgan fingerprint density at radius 3 is 2.78 bits per heavy atom. The highest BCUT2D eigenvalue weighted by Crippen LogP contribution is 2.19. The third kappa shape index (κ3) is 3.15. The van der Waals surface area contributed by atoms with E-state index in [0.717, 1.165) is 0 Å². The van der Waals surface area contributed by atoms with E-state index in [1.165, 1.54) is 12.1 Å². The number of nitro groups is 1. The topological polar surface area (TPSA) is 112 Å². The maximum Gasteiger partial charge on any atom is 0.305 e. The Morgan fingerprint density at radius 2 is 2.28 bits per heavy atom. The van der Waals surface area contributed by atoms with Crippen molar-refractivity contribution in [3.05, 3.63) is 27.9 Å². The van der Waals surface area contributed by atoms with Crippen LogP contribution < -0.4 is 5.32 Å². The predicted molar refractivity (Wildman–Crippen MR) is 64.9 cm³/mol. The number of aliphatic hydroxyl groups excluding tert-OH is 1. The standard InChI is InChI=1S/C11H14N4O3/c1-7(6-16)8(2)13-11-4-3-10(15(17)18)9(5-12)14-11/h3-4,7-8,16H,6H2,1-2H3,(H,13,14). The zero-order chi connectivity index (χ0) is 13.7. The molecule has 7 heteroatoms. The van der Waals surface area contributed by atoms with Crippen molar-refractivity contribution < 1.29 is 10.0 Å². The molecule has 0 bridgehead atoms. The smallest absolute Gasteiger partial charge is 0.305 e. The van der Waals surface area contributed by atoms with Gasteiger partial charge in [0, 0.05) is 18.7 Å². The third-order valence-electron chi connectivity index (χ3n) is 2.69. The second-order valence-electron chi connectivity index (χ2n) is 4.03. The second-order valence-corrected chi connectivity index (χ2v) is 4.03. The SMILES string of the molecule is CC(CO)C(C)Nc1ccc([N+](=O)[O-])c(C#N)n1. The average molecular weight is 250 g/mol. The maximum absolute atomic E-state index is 10.6. The maximum atomic E-state index is 10.6. The molecule has 96 valence electrons. The van der Waals surface area contributed by atoms with Gasteiger partial charge in [-0.25, -0.2) is 4.98 Å². The van der Waals surface area contributed by atoms with E-state index in [-0.39, 0.29) is 29.9 Å². The number of pyridine rings is 1. The first-order valence-corrected chi connectivity index (χ1v) is 5.42. The van der Waals surface area contributed by atoms with Gasteiger partial charge < -0.3 is 10.4 Å². The molecule has 1 heterocycles. The van der Waals surface area contributed by atoms with Crippen molar-refractivity contribution in [2.75, 3.05) is 11.9 Å². The lowest BCUT2D eigenvalue weighted by molar-refractivity contribution is -0.385. The van der Waals surface area contributed by atoms with Crippen molar-refractivity contribution in [2.45, 2.75) is 19.9 Å². The van der Waals surface area contributed by atoms with Crippen LogP contribution >= 0.6 is 0 Å². The number of nitrogens with zero attached hydrogens (tertiary/aromatic N) is 3. The molecule has 0 aliphatic rings. The zero-order valence-electron chi connectivity index (χ0n) is 10.1. The molecule has 1 rings (SSSR count). The molecule has 0 spiro atoms. The lowest BCUT2D eigenvalue weighted by Crippen LogP contribution is -2.26. The van der Waals surface area contributed by atoms with Crippen LogP contribution in [0.3, 0.4) is 0 Å². The van der Waals surface area contributed by atoms with E-state index in [9.17, 15) is 10.1 Å². The second kappa shape index (κ2) is 5.93. The number of nitriles is 1. The fourth-order valence-electron chi connectivity index (χ4n) is 1.30. The first-order chi connectivity index (χ1) is 8.49.